The van der Waals surface area contributed by atoms with Crippen LogP contribution in [0, 0.1) is 0 Å². The fourth-order valence-electron chi connectivity index (χ4n) is 5.71. The number of hydrogen-bond donors (Lipinski definition) is 0. The number of allylic oxidation sites excluding steroid dienone is 6. The van der Waals surface area contributed by atoms with Gasteiger partial charge in [0.2, 0.25) is 0 Å². The van der Waals surface area contributed by atoms with Crippen molar-refractivity contribution in [2.24, 2.45) is 0 Å². The van der Waals surface area contributed by atoms with E-state index in [1.54, 1.807) is 11.1 Å². The highest BCUT2D eigenvalue weighted by molar-refractivity contribution is 5.93. The van der Waals surface area contributed by atoms with Crippen molar-refractivity contribution in [1.82, 2.24) is 0 Å². The van der Waals surface area contributed by atoms with E-state index in [-0.39, 0.29) is 10.8 Å². The van der Waals surface area contributed by atoms with Gasteiger partial charge >= 0.3 is 0 Å². The van der Waals surface area contributed by atoms with E-state index >= 15 is 0 Å². The third-order valence-electron chi connectivity index (χ3n) is 7.77. The molecule has 0 saturated carbocycles. The number of carbonyl (C=O) groups is 1. The zero-order valence-electron chi connectivity index (χ0n) is 20.8. The number of benzene rings is 3. The standard InChI is InChI=1S/C18H16.C15H18O/c1-3-7-15-13(5-1)9-11-18-16-8-4-2-6-14(16)10-12-17(15)18;1-14(2)7-8-15(3,4)13-9-11(10-16)5-6-12(13)14/h1,3-5,7-9,11H,2,6,10,12H2;5-10H,1-4H3. The van der Waals surface area contributed by atoms with Crippen molar-refractivity contribution in [1.29, 1.82) is 0 Å². The molecule has 172 valence electrons. The summed E-state index contributed by atoms with van der Waals surface area (Å²) in [5.74, 6) is 0. The zero-order valence-corrected chi connectivity index (χ0v) is 20.8. The number of aryl methyl sites for hydroxylation is 1. The molecule has 0 spiro atoms. The van der Waals surface area contributed by atoms with Crippen LogP contribution in [0.2, 0.25) is 0 Å². The van der Waals surface area contributed by atoms with E-state index in [1.165, 1.54) is 58.7 Å². The van der Waals surface area contributed by atoms with Crippen LogP contribution in [0.5, 0.6) is 0 Å². The van der Waals surface area contributed by atoms with Gasteiger partial charge in [0.25, 0.3) is 0 Å². The fourth-order valence-corrected chi connectivity index (χ4v) is 5.71. The molecule has 1 heteroatoms. The zero-order chi connectivity index (χ0) is 23.9. The largest absolute Gasteiger partial charge is 0.298 e. The summed E-state index contributed by atoms with van der Waals surface area (Å²) in [5, 5.41) is 2.82. The van der Waals surface area contributed by atoms with Crippen LogP contribution in [-0.2, 0) is 17.3 Å². The molecular formula is C33H34O. The maximum atomic E-state index is 10.8. The van der Waals surface area contributed by atoms with Crippen LogP contribution in [0.3, 0.4) is 0 Å². The van der Waals surface area contributed by atoms with E-state index in [4.69, 9.17) is 0 Å². The predicted molar refractivity (Wildman–Crippen MR) is 145 cm³/mol. The van der Waals surface area contributed by atoms with Gasteiger partial charge in [0.15, 0.2) is 0 Å². The third-order valence-corrected chi connectivity index (χ3v) is 7.77. The predicted octanol–water partition coefficient (Wildman–Crippen LogP) is 8.51. The Balaban J connectivity index is 0.000000143. The molecular weight excluding hydrogens is 412 g/mol. The average molecular weight is 447 g/mol. The van der Waals surface area contributed by atoms with Crippen LogP contribution in [0.15, 0.2) is 84.5 Å². The summed E-state index contributed by atoms with van der Waals surface area (Å²) in [6.45, 7) is 8.79. The number of aldehydes is 1. The highest BCUT2D eigenvalue weighted by Gasteiger charge is 2.32. The van der Waals surface area contributed by atoms with E-state index in [9.17, 15) is 4.79 Å². The van der Waals surface area contributed by atoms with Gasteiger partial charge in [-0.1, -0.05) is 106 Å². The lowest BCUT2D eigenvalue weighted by atomic mass is 9.68. The molecule has 0 aliphatic heterocycles. The minimum absolute atomic E-state index is 0.0177. The van der Waals surface area contributed by atoms with Crippen molar-refractivity contribution < 1.29 is 4.79 Å². The second kappa shape index (κ2) is 8.55. The first kappa shape index (κ1) is 22.6. The summed E-state index contributed by atoms with van der Waals surface area (Å²) >= 11 is 0. The molecule has 3 aliphatic carbocycles. The van der Waals surface area contributed by atoms with Crippen molar-refractivity contribution in [3.05, 3.63) is 112 Å². The quantitative estimate of drug-likeness (QED) is 0.270. The van der Waals surface area contributed by atoms with Gasteiger partial charge in [-0.3, -0.25) is 4.79 Å². The first-order valence-electron chi connectivity index (χ1n) is 12.5. The molecule has 0 radical (unpaired) electrons. The molecule has 0 aromatic heterocycles. The Hall–Kier alpha value is -3.19. The highest BCUT2D eigenvalue weighted by Crippen LogP contribution is 2.41. The minimum atomic E-state index is 0.0177. The van der Waals surface area contributed by atoms with Crippen LogP contribution < -0.4 is 0 Å². The van der Waals surface area contributed by atoms with Gasteiger partial charge < -0.3 is 0 Å². The molecule has 0 saturated heterocycles. The molecule has 6 rings (SSSR count). The van der Waals surface area contributed by atoms with Gasteiger partial charge in [0, 0.05) is 16.4 Å². The Kier molecular flexibility index (Phi) is 5.68. The van der Waals surface area contributed by atoms with E-state index in [0.29, 0.717) is 0 Å². The van der Waals surface area contributed by atoms with Crippen LogP contribution in [0.4, 0.5) is 0 Å². The van der Waals surface area contributed by atoms with Gasteiger partial charge in [0.1, 0.15) is 6.29 Å². The molecule has 1 nitrogen and oxygen atoms in total. The molecule has 3 aromatic carbocycles. The monoisotopic (exact) mass is 446 g/mol. The van der Waals surface area contributed by atoms with Gasteiger partial charge in [0.05, 0.1) is 0 Å². The summed E-state index contributed by atoms with van der Waals surface area (Å²) in [6.07, 6.45) is 15.0. The van der Waals surface area contributed by atoms with Crippen molar-refractivity contribution in [2.45, 2.75) is 64.2 Å². The smallest absolute Gasteiger partial charge is 0.150 e. The Bertz CT molecular complexity index is 1360. The lowest BCUT2D eigenvalue weighted by Crippen LogP contribution is -2.29. The maximum Gasteiger partial charge on any atom is 0.150 e. The van der Waals surface area contributed by atoms with Crippen LogP contribution in [0.1, 0.15) is 79.6 Å². The Morgan fingerprint density at radius 2 is 1.56 bits per heavy atom. The van der Waals surface area contributed by atoms with E-state index < -0.39 is 0 Å². The van der Waals surface area contributed by atoms with Crippen LogP contribution >= 0.6 is 0 Å². The maximum absolute atomic E-state index is 10.8. The summed E-state index contributed by atoms with van der Waals surface area (Å²) in [5.41, 5.74) is 9.64. The molecule has 0 bridgehead atoms. The Morgan fingerprint density at radius 1 is 0.794 bits per heavy atom. The van der Waals surface area contributed by atoms with Crippen molar-refractivity contribution in [3.8, 4) is 0 Å². The van der Waals surface area contributed by atoms with E-state index in [1.807, 2.05) is 12.1 Å². The highest BCUT2D eigenvalue weighted by atomic mass is 16.1. The second-order valence-electron chi connectivity index (χ2n) is 11.0. The second-order valence-corrected chi connectivity index (χ2v) is 11.0. The van der Waals surface area contributed by atoms with E-state index in [2.05, 4.69) is 94.5 Å². The number of carbonyl (C=O) groups excluding carboxylic acids is 1. The molecule has 0 heterocycles. The SMILES string of the molecule is C1=CC2=C(CC1)CCc1c2ccc2ccccc12.CC1(C)C=CC(C)(C)c2cc(C=O)ccc21. The Labute approximate surface area is 203 Å². The van der Waals surface area contributed by atoms with Crippen LogP contribution in [-0.4, -0.2) is 6.29 Å². The molecule has 0 N–H and O–H groups in total. The molecule has 0 fully saturated rings. The van der Waals surface area contributed by atoms with Crippen molar-refractivity contribution in [2.75, 3.05) is 0 Å². The average Bonchev–Trinajstić information content (AvgIpc) is 2.86. The summed E-state index contributed by atoms with van der Waals surface area (Å²) in [4.78, 5) is 10.8. The minimum Gasteiger partial charge on any atom is -0.298 e. The first-order valence-corrected chi connectivity index (χ1v) is 12.5. The third kappa shape index (κ3) is 3.98. The lowest BCUT2D eigenvalue weighted by Gasteiger charge is -2.36. The molecule has 0 unspecified atom stereocenters. The van der Waals surface area contributed by atoms with Gasteiger partial charge in [-0.2, -0.15) is 0 Å². The van der Waals surface area contributed by atoms with Gasteiger partial charge in [-0.15, -0.1) is 0 Å². The Morgan fingerprint density at radius 3 is 2.35 bits per heavy atom. The summed E-state index contributed by atoms with van der Waals surface area (Å²) < 4.78 is 0. The van der Waals surface area contributed by atoms with Crippen LogP contribution in [0.25, 0.3) is 16.3 Å². The van der Waals surface area contributed by atoms with Gasteiger partial charge in [-0.25, -0.2) is 0 Å². The number of hydrogen-bond acceptors (Lipinski definition) is 1. The molecule has 34 heavy (non-hydrogen) atoms. The van der Waals surface area contributed by atoms with Crippen molar-refractivity contribution in [3.63, 3.8) is 0 Å². The van der Waals surface area contributed by atoms with Crippen molar-refractivity contribution >= 4 is 22.6 Å². The molecule has 3 aliphatic rings. The normalized spacial score (nSPS) is 18.9. The summed E-state index contributed by atoms with van der Waals surface area (Å²) in [6, 6.07) is 19.4. The molecule has 0 amide bonds. The van der Waals surface area contributed by atoms with E-state index in [0.717, 1.165) is 11.8 Å². The molecule has 3 aromatic rings. The lowest BCUT2D eigenvalue weighted by molar-refractivity contribution is 0.112. The summed E-state index contributed by atoms with van der Waals surface area (Å²) in [7, 11) is 0. The molecule has 0 atom stereocenters. The fraction of sp³-hybridized carbons (Fsp3) is 0.303. The topological polar surface area (TPSA) is 17.1 Å². The number of fused-ring (bicyclic) bond motifs is 5. The number of rotatable bonds is 1. The van der Waals surface area contributed by atoms with Gasteiger partial charge in [-0.05, 0) is 70.3 Å². The first-order chi connectivity index (χ1) is 16.3.